The van der Waals surface area contributed by atoms with Gasteiger partial charge in [-0.05, 0) is 35.7 Å². The van der Waals surface area contributed by atoms with E-state index in [9.17, 15) is 0 Å². The van der Waals surface area contributed by atoms with Gasteiger partial charge in [0.2, 0.25) is 0 Å². The fourth-order valence-electron chi connectivity index (χ4n) is 3.31. The van der Waals surface area contributed by atoms with Gasteiger partial charge in [-0.1, -0.05) is 42.5 Å². The predicted molar refractivity (Wildman–Crippen MR) is 93.9 cm³/mol. The van der Waals surface area contributed by atoms with E-state index in [1.54, 1.807) is 0 Å². The van der Waals surface area contributed by atoms with Gasteiger partial charge in [-0.25, -0.2) is 0 Å². The van der Waals surface area contributed by atoms with Crippen LogP contribution in [0, 0.1) is 0 Å². The van der Waals surface area contributed by atoms with Gasteiger partial charge in [0.05, 0.1) is 0 Å². The van der Waals surface area contributed by atoms with Crippen LogP contribution in [0.1, 0.15) is 0 Å². The molecule has 0 saturated carbocycles. The number of allylic oxidation sites excluding steroid dienone is 3. The van der Waals surface area contributed by atoms with E-state index in [0.717, 1.165) is 32.1 Å². The second kappa shape index (κ2) is 6.09. The van der Waals surface area contributed by atoms with Crippen molar-refractivity contribution in [3.63, 3.8) is 0 Å². The van der Waals surface area contributed by atoms with E-state index in [4.69, 9.17) is 4.74 Å². The first-order valence-electron chi connectivity index (χ1n) is 8.27. The van der Waals surface area contributed by atoms with Crippen LogP contribution in [-0.2, 0) is 4.74 Å². The molecule has 1 aromatic carbocycles. The quantitative estimate of drug-likeness (QED) is 0.776. The number of nitrogens with zero attached hydrogens (tertiary/aromatic N) is 2. The molecule has 4 rings (SSSR count). The highest BCUT2D eigenvalue weighted by atomic mass is 16.5. The zero-order valence-corrected chi connectivity index (χ0v) is 13.5. The van der Waals surface area contributed by atoms with Crippen molar-refractivity contribution >= 4 is 11.6 Å². The number of fused-ring (bicyclic) bond motifs is 2. The lowest BCUT2D eigenvalue weighted by Crippen LogP contribution is -2.45. The lowest BCUT2D eigenvalue weighted by atomic mass is 9.99. The average molecular weight is 306 g/mol. The summed E-state index contributed by atoms with van der Waals surface area (Å²) in [5.74, 6) is 0.982. The van der Waals surface area contributed by atoms with Crippen molar-refractivity contribution in [3.8, 4) is 0 Å². The largest absolute Gasteiger partial charge is 0.467 e. The molecule has 118 valence electrons. The fraction of sp³-hybridized carbons (Fsp3) is 0.300. The van der Waals surface area contributed by atoms with Crippen molar-refractivity contribution in [2.45, 2.75) is 6.10 Å². The molecule has 2 heterocycles. The number of piperazine rings is 1. The Labute approximate surface area is 137 Å². The summed E-state index contributed by atoms with van der Waals surface area (Å²) in [5.41, 5.74) is 1.24. The summed E-state index contributed by atoms with van der Waals surface area (Å²) >= 11 is 0. The summed E-state index contributed by atoms with van der Waals surface area (Å²) in [6.07, 6.45) is 12.8. The van der Waals surface area contributed by atoms with Crippen LogP contribution >= 0.6 is 0 Å². The van der Waals surface area contributed by atoms with E-state index < -0.39 is 0 Å². The minimum atomic E-state index is -0.0132. The van der Waals surface area contributed by atoms with Gasteiger partial charge in [0, 0.05) is 31.8 Å². The molecule has 0 amide bonds. The lowest BCUT2D eigenvalue weighted by molar-refractivity contribution is 0.0715. The van der Waals surface area contributed by atoms with Crippen LogP contribution in [0.2, 0.25) is 0 Å². The molecule has 1 fully saturated rings. The maximum Gasteiger partial charge on any atom is 0.190 e. The minimum Gasteiger partial charge on any atom is -0.467 e. The smallest absolute Gasteiger partial charge is 0.190 e. The maximum absolute atomic E-state index is 6.39. The molecule has 1 saturated heterocycles. The summed E-state index contributed by atoms with van der Waals surface area (Å²) in [6, 6.07) is 8.54. The molecular weight excluding hydrogens is 284 g/mol. The third kappa shape index (κ3) is 2.84. The third-order valence-corrected chi connectivity index (χ3v) is 4.72. The molecule has 3 heteroatoms. The highest BCUT2D eigenvalue weighted by Crippen LogP contribution is 2.21. The van der Waals surface area contributed by atoms with E-state index in [1.807, 2.05) is 0 Å². The third-order valence-electron chi connectivity index (χ3n) is 4.72. The predicted octanol–water partition coefficient (Wildman–Crippen LogP) is 1.23. The summed E-state index contributed by atoms with van der Waals surface area (Å²) in [5, 5.41) is 2.51. The molecule has 23 heavy (non-hydrogen) atoms. The van der Waals surface area contributed by atoms with Gasteiger partial charge in [-0.15, -0.1) is 0 Å². The standard InChI is InChI=1S/C20H22N2O/c1-21-12-14-22(15-13-21)20-11-10-16-6-2-3-7-17(16)18-8-4-5-9-19(18)23-20/h2-11,19H,12-15H2,1H3/b16-10?,18-17-,20-11?. The molecule has 2 aliphatic heterocycles. The van der Waals surface area contributed by atoms with Crippen molar-refractivity contribution in [1.82, 2.24) is 9.80 Å². The molecule has 1 unspecified atom stereocenters. The van der Waals surface area contributed by atoms with E-state index >= 15 is 0 Å². The molecule has 3 nitrogen and oxygen atoms in total. The SMILES string of the molecule is CN1CCN(C2=CC=c3cccc/c3=C3\C=CC=CC3O2)CC1. The molecular formula is C20H22N2O. The minimum absolute atomic E-state index is 0.0132. The highest BCUT2D eigenvalue weighted by Gasteiger charge is 2.22. The molecule has 0 bridgehead atoms. The van der Waals surface area contributed by atoms with Crippen LogP contribution in [0.15, 0.2) is 60.5 Å². The van der Waals surface area contributed by atoms with Crippen molar-refractivity contribution in [3.05, 3.63) is 71.0 Å². The van der Waals surface area contributed by atoms with Crippen LogP contribution in [0.25, 0.3) is 11.6 Å². The monoisotopic (exact) mass is 306 g/mol. The molecule has 0 N–H and O–H groups in total. The van der Waals surface area contributed by atoms with Gasteiger partial charge in [0.1, 0.15) is 6.10 Å². The number of benzene rings is 1. The Morgan fingerprint density at radius 1 is 1.00 bits per heavy atom. The fourth-order valence-corrected chi connectivity index (χ4v) is 3.31. The molecule has 3 aliphatic rings. The summed E-state index contributed by atoms with van der Waals surface area (Å²) in [6.45, 7) is 4.18. The maximum atomic E-state index is 6.39. The number of hydrogen-bond donors (Lipinski definition) is 0. The van der Waals surface area contributed by atoms with E-state index in [0.29, 0.717) is 0 Å². The number of ether oxygens (including phenoxy) is 1. The Hall–Kier alpha value is -2.26. The Kier molecular flexibility index (Phi) is 3.80. The molecule has 1 aromatic rings. The normalized spacial score (nSPS) is 26.2. The van der Waals surface area contributed by atoms with Crippen LogP contribution in [0.4, 0.5) is 0 Å². The second-order valence-corrected chi connectivity index (χ2v) is 6.29. The topological polar surface area (TPSA) is 15.7 Å². The van der Waals surface area contributed by atoms with Gasteiger partial charge in [-0.2, -0.15) is 0 Å². The van der Waals surface area contributed by atoms with E-state index in [-0.39, 0.29) is 6.10 Å². The molecule has 0 spiro atoms. The second-order valence-electron chi connectivity index (χ2n) is 6.29. The van der Waals surface area contributed by atoms with Crippen LogP contribution < -0.4 is 10.4 Å². The number of rotatable bonds is 1. The van der Waals surface area contributed by atoms with E-state index in [1.165, 1.54) is 16.0 Å². The zero-order valence-electron chi connectivity index (χ0n) is 13.5. The van der Waals surface area contributed by atoms with E-state index in [2.05, 4.69) is 77.6 Å². The molecule has 1 aliphatic carbocycles. The lowest BCUT2D eigenvalue weighted by Gasteiger charge is -2.36. The zero-order chi connectivity index (χ0) is 15.6. The Balaban J connectivity index is 1.78. The number of likely N-dealkylation sites (N-methyl/N-ethyl adjacent to an activating group) is 1. The van der Waals surface area contributed by atoms with Crippen LogP contribution in [0.3, 0.4) is 0 Å². The average Bonchev–Trinajstić information content (AvgIpc) is 2.58. The highest BCUT2D eigenvalue weighted by molar-refractivity contribution is 5.67. The first-order chi connectivity index (χ1) is 11.3. The van der Waals surface area contributed by atoms with Gasteiger partial charge in [0.25, 0.3) is 0 Å². The molecule has 0 aromatic heterocycles. The molecule has 0 radical (unpaired) electrons. The summed E-state index contributed by atoms with van der Waals surface area (Å²) in [4.78, 5) is 4.72. The summed E-state index contributed by atoms with van der Waals surface area (Å²) < 4.78 is 6.39. The first-order valence-corrected chi connectivity index (χ1v) is 8.27. The van der Waals surface area contributed by atoms with Gasteiger partial charge in [-0.3, -0.25) is 0 Å². The summed E-state index contributed by atoms with van der Waals surface area (Å²) in [7, 11) is 2.17. The van der Waals surface area contributed by atoms with Crippen molar-refractivity contribution < 1.29 is 4.74 Å². The Bertz CT molecular complexity index is 795. The van der Waals surface area contributed by atoms with Crippen LogP contribution in [0.5, 0.6) is 0 Å². The van der Waals surface area contributed by atoms with Gasteiger partial charge in [0.15, 0.2) is 5.88 Å². The molecule has 1 atom stereocenters. The van der Waals surface area contributed by atoms with Crippen LogP contribution in [-0.4, -0.2) is 49.1 Å². The Morgan fingerprint density at radius 3 is 2.70 bits per heavy atom. The van der Waals surface area contributed by atoms with Gasteiger partial charge < -0.3 is 14.5 Å². The van der Waals surface area contributed by atoms with Crippen molar-refractivity contribution in [2.24, 2.45) is 0 Å². The van der Waals surface area contributed by atoms with Crippen molar-refractivity contribution in [2.75, 3.05) is 33.2 Å². The van der Waals surface area contributed by atoms with Crippen molar-refractivity contribution in [1.29, 1.82) is 0 Å². The number of hydrogen-bond acceptors (Lipinski definition) is 3. The van der Waals surface area contributed by atoms with Gasteiger partial charge >= 0.3 is 0 Å². The Morgan fingerprint density at radius 2 is 1.83 bits per heavy atom. The first kappa shape index (κ1) is 14.3.